The third kappa shape index (κ3) is 9.80. The number of rotatable bonds is 9. The highest BCUT2D eigenvalue weighted by Gasteiger charge is 1.98. The predicted molar refractivity (Wildman–Crippen MR) is 54.8 cm³/mol. The van der Waals surface area contributed by atoms with Crippen molar-refractivity contribution in [2.45, 2.75) is 26.2 Å². The maximum Gasteiger partial charge on any atom is 0.0474 e. The topological polar surface area (TPSA) is 41.5 Å². The van der Waals surface area contributed by atoms with E-state index < -0.39 is 0 Å². The fourth-order valence-corrected chi connectivity index (χ4v) is 1.13. The van der Waals surface area contributed by atoms with Crippen LogP contribution in [-0.2, 0) is 4.74 Å². The number of aliphatic hydroxyl groups excluding tert-OH is 1. The number of aliphatic hydroxyl groups is 1. The molecule has 3 heteroatoms. The van der Waals surface area contributed by atoms with Gasteiger partial charge in [0.05, 0.1) is 0 Å². The van der Waals surface area contributed by atoms with Crippen LogP contribution in [-0.4, -0.2) is 38.5 Å². The summed E-state index contributed by atoms with van der Waals surface area (Å²) in [5.41, 5.74) is 0. The van der Waals surface area contributed by atoms with Crippen molar-refractivity contribution in [2.24, 2.45) is 5.92 Å². The average molecular weight is 189 g/mol. The van der Waals surface area contributed by atoms with E-state index in [1.165, 1.54) is 0 Å². The zero-order valence-corrected chi connectivity index (χ0v) is 8.88. The largest absolute Gasteiger partial charge is 0.396 e. The first kappa shape index (κ1) is 12.9. The summed E-state index contributed by atoms with van der Waals surface area (Å²) >= 11 is 0. The number of ether oxygens (including phenoxy) is 1. The standard InChI is InChI=1S/C10H23NO2/c1-10(9-12)5-3-6-11-7-4-8-13-2/h10-12H,3-9H2,1-2H3. The molecule has 0 saturated carbocycles. The third-order valence-corrected chi connectivity index (χ3v) is 2.06. The zero-order valence-electron chi connectivity index (χ0n) is 8.88. The Kier molecular flexibility index (Phi) is 9.87. The maximum absolute atomic E-state index is 8.77. The van der Waals surface area contributed by atoms with Crippen LogP contribution in [0.5, 0.6) is 0 Å². The van der Waals surface area contributed by atoms with Crippen molar-refractivity contribution in [3.63, 3.8) is 0 Å². The van der Waals surface area contributed by atoms with Crippen LogP contribution in [0, 0.1) is 5.92 Å². The summed E-state index contributed by atoms with van der Waals surface area (Å²) in [4.78, 5) is 0. The molecule has 80 valence electrons. The van der Waals surface area contributed by atoms with Gasteiger partial charge in [0, 0.05) is 20.3 Å². The minimum atomic E-state index is 0.309. The molecular formula is C10H23NO2. The molecular weight excluding hydrogens is 166 g/mol. The summed E-state index contributed by atoms with van der Waals surface area (Å²) in [6.45, 7) is 5.30. The number of methoxy groups -OCH3 is 1. The number of hydrogen-bond donors (Lipinski definition) is 2. The Labute approximate surface area is 81.5 Å². The molecule has 1 unspecified atom stereocenters. The summed E-state index contributed by atoms with van der Waals surface area (Å²) in [5.74, 6) is 0.445. The number of hydrogen-bond acceptors (Lipinski definition) is 3. The Bertz CT molecular complexity index is 98.9. The zero-order chi connectivity index (χ0) is 9.94. The molecule has 0 rings (SSSR count). The van der Waals surface area contributed by atoms with Crippen molar-refractivity contribution in [1.82, 2.24) is 5.32 Å². The van der Waals surface area contributed by atoms with Crippen LogP contribution in [0.4, 0.5) is 0 Å². The van der Waals surface area contributed by atoms with Gasteiger partial charge in [-0.3, -0.25) is 0 Å². The van der Waals surface area contributed by atoms with E-state index >= 15 is 0 Å². The molecule has 1 atom stereocenters. The second kappa shape index (κ2) is 9.96. The second-order valence-electron chi connectivity index (χ2n) is 3.53. The molecule has 0 bridgehead atoms. The smallest absolute Gasteiger partial charge is 0.0474 e. The van der Waals surface area contributed by atoms with E-state index in [9.17, 15) is 0 Å². The van der Waals surface area contributed by atoms with Gasteiger partial charge >= 0.3 is 0 Å². The van der Waals surface area contributed by atoms with Crippen molar-refractivity contribution in [3.05, 3.63) is 0 Å². The van der Waals surface area contributed by atoms with Crippen LogP contribution in [0.25, 0.3) is 0 Å². The predicted octanol–water partition coefficient (Wildman–Crippen LogP) is 1.02. The fourth-order valence-electron chi connectivity index (χ4n) is 1.13. The molecule has 0 aliphatic rings. The molecule has 0 aromatic carbocycles. The minimum absolute atomic E-state index is 0.309. The van der Waals surface area contributed by atoms with Gasteiger partial charge in [-0.15, -0.1) is 0 Å². The molecule has 0 aromatic heterocycles. The van der Waals surface area contributed by atoms with Crippen LogP contribution in [0.1, 0.15) is 26.2 Å². The van der Waals surface area contributed by atoms with E-state index in [1.54, 1.807) is 7.11 Å². The third-order valence-electron chi connectivity index (χ3n) is 2.06. The van der Waals surface area contributed by atoms with Crippen molar-refractivity contribution >= 4 is 0 Å². The van der Waals surface area contributed by atoms with E-state index in [1.807, 2.05) is 0 Å². The van der Waals surface area contributed by atoms with Crippen LogP contribution in [0.15, 0.2) is 0 Å². The summed E-state index contributed by atoms with van der Waals surface area (Å²) in [7, 11) is 1.73. The summed E-state index contributed by atoms with van der Waals surface area (Å²) in [6.07, 6.45) is 3.33. The lowest BCUT2D eigenvalue weighted by molar-refractivity contribution is 0.194. The van der Waals surface area contributed by atoms with Gasteiger partial charge < -0.3 is 15.2 Å². The Balaban J connectivity index is 2.91. The molecule has 0 radical (unpaired) electrons. The van der Waals surface area contributed by atoms with Gasteiger partial charge in [-0.25, -0.2) is 0 Å². The summed E-state index contributed by atoms with van der Waals surface area (Å²) in [6, 6.07) is 0. The molecule has 0 aliphatic heterocycles. The molecule has 0 heterocycles. The van der Waals surface area contributed by atoms with Gasteiger partial charge in [0.15, 0.2) is 0 Å². The van der Waals surface area contributed by atoms with Crippen LogP contribution in [0.2, 0.25) is 0 Å². The summed E-state index contributed by atoms with van der Waals surface area (Å²) in [5, 5.41) is 12.1. The highest BCUT2D eigenvalue weighted by Crippen LogP contribution is 2.02. The first-order chi connectivity index (χ1) is 6.31. The number of nitrogens with one attached hydrogen (secondary N) is 1. The Morgan fingerprint density at radius 2 is 2.00 bits per heavy atom. The molecule has 0 aliphatic carbocycles. The summed E-state index contributed by atoms with van der Waals surface area (Å²) < 4.78 is 4.93. The van der Waals surface area contributed by atoms with Gasteiger partial charge in [-0.05, 0) is 38.3 Å². The van der Waals surface area contributed by atoms with Crippen molar-refractivity contribution in [3.8, 4) is 0 Å². The lowest BCUT2D eigenvalue weighted by Gasteiger charge is -2.07. The van der Waals surface area contributed by atoms with Crippen LogP contribution < -0.4 is 5.32 Å². The van der Waals surface area contributed by atoms with Crippen LogP contribution >= 0.6 is 0 Å². The molecule has 0 saturated heterocycles. The van der Waals surface area contributed by atoms with E-state index in [2.05, 4.69) is 12.2 Å². The first-order valence-corrected chi connectivity index (χ1v) is 5.11. The fraction of sp³-hybridized carbons (Fsp3) is 1.00. The highest BCUT2D eigenvalue weighted by atomic mass is 16.5. The maximum atomic E-state index is 8.77. The Morgan fingerprint density at radius 1 is 1.31 bits per heavy atom. The SMILES string of the molecule is COCCCNCCCC(C)CO. The average Bonchev–Trinajstić information content (AvgIpc) is 2.16. The lowest BCUT2D eigenvalue weighted by atomic mass is 10.1. The molecule has 13 heavy (non-hydrogen) atoms. The van der Waals surface area contributed by atoms with E-state index in [0.717, 1.165) is 39.0 Å². The van der Waals surface area contributed by atoms with Gasteiger partial charge in [-0.2, -0.15) is 0 Å². The van der Waals surface area contributed by atoms with Crippen molar-refractivity contribution in [2.75, 3.05) is 33.4 Å². The monoisotopic (exact) mass is 189 g/mol. The highest BCUT2D eigenvalue weighted by molar-refractivity contribution is 4.53. The van der Waals surface area contributed by atoms with E-state index in [-0.39, 0.29) is 0 Å². The molecule has 0 amide bonds. The molecule has 3 nitrogen and oxygen atoms in total. The quantitative estimate of drug-likeness (QED) is 0.532. The minimum Gasteiger partial charge on any atom is -0.396 e. The van der Waals surface area contributed by atoms with Crippen LogP contribution in [0.3, 0.4) is 0 Å². The molecule has 0 aromatic rings. The molecule has 0 spiro atoms. The van der Waals surface area contributed by atoms with Gasteiger partial charge in [-0.1, -0.05) is 6.92 Å². The Morgan fingerprint density at radius 3 is 2.62 bits per heavy atom. The normalized spacial score (nSPS) is 13.2. The molecule has 2 N–H and O–H groups in total. The first-order valence-electron chi connectivity index (χ1n) is 5.11. The van der Waals surface area contributed by atoms with E-state index in [4.69, 9.17) is 9.84 Å². The Hall–Kier alpha value is -0.120. The second-order valence-corrected chi connectivity index (χ2v) is 3.53. The van der Waals surface area contributed by atoms with Gasteiger partial charge in [0.1, 0.15) is 0 Å². The lowest BCUT2D eigenvalue weighted by Crippen LogP contribution is -2.18. The molecule has 0 fully saturated rings. The van der Waals surface area contributed by atoms with E-state index in [0.29, 0.717) is 12.5 Å². The van der Waals surface area contributed by atoms with Crippen molar-refractivity contribution < 1.29 is 9.84 Å². The van der Waals surface area contributed by atoms with Gasteiger partial charge in [0.25, 0.3) is 0 Å². The van der Waals surface area contributed by atoms with Gasteiger partial charge in [0.2, 0.25) is 0 Å². The van der Waals surface area contributed by atoms with Crippen molar-refractivity contribution in [1.29, 1.82) is 0 Å².